The van der Waals surface area contributed by atoms with Crippen molar-refractivity contribution in [3.63, 3.8) is 0 Å². The van der Waals surface area contributed by atoms with Crippen molar-refractivity contribution in [1.29, 1.82) is 0 Å². The van der Waals surface area contributed by atoms with Crippen LogP contribution in [0.25, 0.3) is 0 Å². The van der Waals surface area contributed by atoms with Crippen molar-refractivity contribution in [3.05, 3.63) is 0 Å². The van der Waals surface area contributed by atoms with Crippen LogP contribution in [0, 0.1) is 10.8 Å². The molecule has 2 rings (SSSR count). The molecule has 2 amide bonds. The molecule has 2 unspecified atom stereocenters. The van der Waals surface area contributed by atoms with Crippen molar-refractivity contribution < 1.29 is 9.00 Å². The molecule has 2 fully saturated rings. The lowest BCUT2D eigenvalue weighted by Crippen LogP contribution is -2.47. The smallest absolute Gasteiger partial charge is 0.317 e. The van der Waals surface area contributed by atoms with Crippen molar-refractivity contribution in [2.75, 3.05) is 24.6 Å². The minimum Gasteiger partial charge on any atom is -0.334 e. The van der Waals surface area contributed by atoms with Gasteiger partial charge in [0, 0.05) is 41.4 Å². The molecule has 0 aromatic heterocycles. The predicted octanol–water partition coefficient (Wildman–Crippen LogP) is 2.37. The van der Waals surface area contributed by atoms with E-state index in [1.165, 1.54) is 0 Å². The van der Waals surface area contributed by atoms with Crippen LogP contribution in [0.3, 0.4) is 0 Å². The first-order valence-electron chi connectivity index (χ1n) is 7.57. The second-order valence-corrected chi connectivity index (χ2v) is 9.54. The number of carbonyl (C=O) groups is 1. The van der Waals surface area contributed by atoms with Crippen LogP contribution in [0.15, 0.2) is 0 Å². The van der Waals surface area contributed by atoms with E-state index in [0.29, 0.717) is 5.75 Å². The molecule has 2 heterocycles. The van der Waals surface area contributed by atoms with E-state index in [9.17, 15) is 9.00 Å². The summed E-state index contributed by atoms with van der Waals surface area (Å²) in [5, 5.41) is 3.07. The van der Waals surface area contributed by atoms with Gasteiger partial charge in [0.1, 0.15) is 0 Å². The Morgan fingerprint density at radius 3 is 2.55 bits per heavy atom. The summed E-state index contributed by atoms with van der Waals surface area (Å²) in [5.41, 5.74) is 0.434. The average Bonchev–Trinajstić information content (AvgIpc) is 2.63. The van der Waals surface area contributed by atoms with Crippen molar-refractivity contribution in [2.45, 2.75) is 53.0 Å². The number of hydrogen-bond donors (Lipinski definition) is 1. The first-order chi connectivity index (χ1) is 9.17. The highest BCUT2D eigenvalue weighted by Crippen LogP contribution is 2.39. The van der Waals surface area contributed by atoms with Crippen LogP contribution in [0.1, 0.15) is 47.0 Å². The van der Waals surface area contributed by atoms with E-state index in [2.05, 4.69) is 33.0 Å². The van der Waals surface area contributed by atoms with Crippen LogP contribution >= 0.6 is 0 Å². The number of carbonyl (C=O) groups excluding carboxylic acids is 1. The Bertz CT molecular complexity index is 407. The molecule has 4 nitrogen and oxygen atoms in total. The maximum Gasteiger partial charge on any atom is 0.317 e. The van der Waals surface area contributed by atoms with Crippen molar-refractivity contribution >= 4 is 16.8 Å². The largest absolute Gasteiger partial charge is 0.334 e. The first-order valence-corrected chi connectivity index (χ1v) is 9.06. The van der Waals surface area contributed by atoms with Crippen LogP contribution in [0.2, 0.25) is 0 Å². The molecular formula is C15H28N2O2S. The Hall–Kier alpha value is -0.580. The van der Waals surface area contributed by atoms with Gasteiger partial charge in [0.2, 0.25) is 0 Å². The summed E-state index contributed by atoms with van der Waals surface area (Å²) >= 11 is 0. The third-order valence-electron chi connectivity index (χ3n) is 4.33. The summed E-state index contributed by atoms with van der Waals surface area (Å²) in [4.78, 5) is 14.4. The molecule has 20 heavy (non-hydrogen) atoms. The molecule has 0 aromatic carbocycles. The van der Waals surface area contributed by atoms with Crippen LogP contribution in [0.5, 0.6) is 0 Å². The minimum absolute atomic E-state index is 0.0275. The van der Waals surface area contributed by atoms with Crippen LogP contribution in [-0.2, 0) is 10.8 Å². The molecule has 1 N–H and O–H groups in total. The number of urea groups is 1. The molecule has 0 spiro atoms. The molecule has 2 saturated heterocycles. The maximum absolute atomic E-state index is 12.4. The molecule has 2 aliphatic heterocycles. The fraction of sp³-hybridized carbons (Fsp3) is 0.933. The molecule has 0 aliphatic carbocycles. The van der Waals surface area contributed by atoms with Gasteiger partial charge in [-0.1, -0.05) is 27.7 Å². The van der Waals surface area contributed by atoms with E-state index in [4.69, 9.17) is 0 Å². The van der Waals surface area contributed by atoms with E-state index >= 15 is 0 Å². The van der Waals surface area contributed by atoms with Crippen LogP contribution in [-0.4, -0.2) is 45.8 Å². The zero-order valence-electron chi connectivity index (χ0n) is 13.2. The summed E-state index contributed by atoms with van der Waals surface area (Å²) in [6.45, 7) is 10.7. The molecule has 2 atom stereocenters. The Labute approximate surface area is 125 Å². The third-order valence-corrected chi connectivity index (χ3v) is 5.80. The normalized spacial score (nSPS) is 32.7. The van der Waals surface area contributed by atoms with Gasteiger partial charge in [0.25, 0.3) is 0 Å². The van der Waals surface area contributed by atoms with Gasteiger partial charge in [-0.05, 0) is 30.1 Å². The summed E-state index contributed by atoms with van der Waals surface area (Å²) in [7, 11) is -0.739. The Balaban J connectivity index is 1.97. The van der Waals surface area contributed by atoms with Gasteiger partial charge in [-0.2, -0.15) is 0 Å². The first kappa shape index (κ1) is 15.8. The quantitative estimate of drug-likeness (QED) is 0.808. The van der Waals surface area contributed by atoms with Crippen LogP contribution < -0.4 is 5.32 Å². The SMILES string of the molecule is CC1(C)CCN(C(=O)NC2CCS(=O)C2)CC(C)(C)C1. The summed E-state index contributed by atoms with van der Waals surface area (Å²) in [6.07, 6.45) is 3.03. The molecule has 5 heteroatoms. The molecule has 2 aliphatic rings. The average molecular weight is 300 g/mol. The van der Waals surface area contributed by atoms with Gasteiger partial charge >= 0.3 is 6.03 Å². The van der Waals surface area contributed by atoms with E-state index in [0.717, 1.165) is 38.1 Å². The lowest BCUT2D eigenvalue weighted by molar-refractivity contribution is 0.167. The highest BCUT2D eigenvalue weighted by atomic mass is 32.2. The highest BCUT2D eigenvalue weighted by molar-refractivity contribution is 7.85. The maximum atomic E-state index is 12.4. The van der Waals surface area contributed by atoms with E-state index in [-0.39, 0.29) is 22.9 Å². The van der Waals surface area contributed by atoms with Gasteiger partial charge in [-0.15, -0.1) is 0 Å². The molecule has 116 valence electrons. The molecule has 0 saturated carbocycles. The summed E-state index contributed by atoms with van der Waals surface area (Å²) < 4.78 is 11.4. The Morgan fingerprint density at radius 2 is 1.95 bits per heavy atom. The number of amides is 2. The third kappa shape index (κ3) is 4.21. The lowest BCUT2D eigenvalue weighted by atomic mass is 9.75. The van der Waals surface area contributed by atoms with Crippen molar-refractivity contribution in [2.24, 2.45) is 10.8 Å². The number of hydrogen-bond acceptors (Lipinski definition) is 2. The monoisotopic (exact) mass is 300 g/mol. The summed E-state index contributed by atoms with van der Waals surface area (Å²) in [5.74, 6) is 1.35. The van der Waals surface area contributed by atoms with E-state index < -0.39 is 10.8 Å². The Kier molecular flexibility index (Phi) is 4.47. The van der Waals surface area contributed by atoms with Gasteiger partial charge in [-0.3, -0.25) is 4.21 Å². The second kappa shape index (κ2) is 5.66. The number of nitrogens with one attached hydrogen (secondary N) is 1. The molecular weight excluding hydrogens is 272 g/mol. The lowest BCUT2D eigenvalue weighted by Gasteiger charge is -2.32. The van der Waals surface area contributed by atoms with Crippen LogP contribution in [0.4, 0.5) is 4.79 Å². The predicted molar refractivity (Wildman–Crippen MR) is 83.2 cm³/mol. The van der Waals surface area contributed by atoms with Gasteiger partial charge in [0.05, 0.1) is 0 Å². The van der Waals surface area contributed by atoms with E-state index in [1.807, 2.05) is 4.90 Å². The standard InChI is InChI=1S/C15H28N2O2S/c1-14(2)6-7-17(11-15(3,4)10-14)13(18)16-12-5-8-20(19)9-12/h12H,5-11H2,1-4H3,(H,16,18). The number of likely N-dealkylation sites (tertiary alicyclic amines) is 1. The Morgan fingerprint density at radius 1 is 1.25 bits per heavy atom. The molecule has 0 aromatic rings. The highest BCUT2D eigenvalue weighted by Gasteiger charge is 2.36. The van der Waals surface area contributed by atoms with E-state index in [1.54, 1.807) is 0 Å². The zero-order chi connectivity index (χ0) is 15.0. The van der Waals surface area contributed by atoms with Crippen molar-refractivity contribution in [3.8, 4) is 0 Å². The fourth-order valence-corrected chi connectivity index (χ4v) is 5.10. The molecule has 0 bridgehead atoms. The number of rotatable bonds is 1. The minimum atomic E-state index is -0.739. The van der Waals surface area contributed by atoms with Crippen molar-refractivity contribution in [1.82, 2.24) is 10.2 Å². The second-order valence-electron chi connectivity index (χ2n) is 7.92. The van der Waals surface area contributed by atoms with Gasteiger partial charge < -0.3 is 10.2 Å². The summed E-state index contributed by atoms with van der Waals surface area (Å²) in [6, 6.07) is 0.127. The fourth-order valence-electron chi connectivity index (χ4n) is 3.69. The van der Waals surface area contributed by atoms with Gasteiger partial charge in [0.15, 0.2) is 0 Å². The number of nitrogens with zero attached hydrogens (tertiary/aromatic N) is 1. The zero-order valence-corrected chi connectivity index (χ0v) is 14.0. The van der Waals surface area contributed by atoms with Gasteiger partial charge in [-0.25, -0.2) is 4.79 Å². The topological polar surface area (TPSA) is 49.4 Å². The molecule has 0 radical (unpaired) electrons.